The summed E-state index contributed by atoms with van der Waals surface area (Å²) in [7, 11) is 1.73. The van der Waals surface area contributed by atoms with E-state index >= 15 is 0 Å². The first-order chi connectivity index (χ1) is 9.00. The molecule has 0 bridgehead atoms. The van der Waals surface area contributed by atoms with E-state index in [0.717, 1.165) is 0 Å². The van der Waals surface area contributed by atoms with Crippen molar-refractivity contribution in [3.63, 3.8) is 0 Å². The monoisotopic (exact) mass is 278 g/mol. The fraction of sp³-hybridized carbons (Fsp3) is 0.286. The van der Waals surface area contributed by atoms with E-state index in [-0.39, 0.29) is 12.2 Å². The zero-order chi connectivity index (χ0) is 14.0. The Morgan fingerprint density at radius 1 is 1.42 bits per heavy atom. The molecule has 1 heterocycles. The molecule has 2 rings (SSSR count). The first-order valence-electron chi connectivity index (χ1n) is 5.94. The maximum Gasteiger partial charge on any atom is 0.171 e. The predicted octanol–water partition coefficient (Wildman–Crippen LogP) is 2.23. The standard InChI is InChI=1S/C14H15ClN2O2/c1-9-13(15)11(17(2)16-9)8-12(18)14(19)10-6-4-3-5-7-10/h3-7,14,19H,8H2,1-2H3. The molecule has 0 aliphatic rings. The van der Waals surface area contributed by atoms with Crippen molar-refractivity contribution in [2.75, 3.05) is 0 Å². The Morgan fingerprint density at radius 3 is 2.58 bits per heavy atom. The lowest BCUT2D eigenvalue weighted by molar-refractivity contribution is -0.126. The van der Waals surface area contributed by atoms with Crippen LogP contribution in [0.3, 0.4) is 0 Å². The number of aryl methyl sites for hydroxylation is 2. The largest absolute Gasteiger partial charge is 0.381 e. The van der Waals surface area contributed by atoms with Gasteiger partial charge in [-0.2, -0.15) is 5.10 Å². The van der Waals surface area contributed by atoms with Gasteiger partial charge in [0, 0.05) is 7.05 Å². The molecule has 2 aromatic rings. The van der Waals surface area contributed by atoms with Gasteiger partial charge in [-0.05, 0) is 12.5 Å². The molecule has 0 aliphatic heterocycles. The van der Waals surface area contributed by atoms with Crippen molar-refractivity contribution in [3.05, 3.63) is 52.3 Å². The van der Waals surface area contributed by atoms with E-state index in [2.05, 4.69) is 5.10 Å². The minimum atomic E-state index is -1.13. The van der Waals surface area contributed by atoms with Gasteiger partial charge in [-0.1, -0.05) is 41.9 Å². The molecular weight excluding hydrogens is 264 g/mol. The highest BCUT2D eigenvalue weighted by Crippen LogP contribution is 2.22. The van der Waals surface area contributed by atoms with Crippen LogP contribution in [0.4, 0.5) is 0 Å². The quantitative estimate of drug-likeness (QED) is 0.933. The minimum absolute atomic E-state index is 0.0617. The van der Waals surface area contributed by atoms with Gasteiger partial charge in [0.05, 0.1) is 22.8 Å². The number of rotatable bonds is 4. The number of carbonyl (C=O) groups excluding carboxylic acids is 1. The number of nitrogens with zero attached hydrogens (tertiary/aromatic N) is 2. The third kappa shape index (κ3) is 2.85. The predicted molar refractivity (Wildman–Crippen MR) is 73.1 cm³/mol. The number of halogens is 1. The van der Waals surface area contributed by atoms with E-state index in [0.29, 0.717) is 22.0 Å². The number of hydrogen-bond acceptors (Lipinski definition) is 3. The second-order valence-electron chi connectivity index (χ2n) is 4.43. The Kier molecular flexibility index (Phi) is 4.02. The third-order valence-electron chi connectivity index (χ3n) is 3.02. The van der Waals surface area contributed by atoms with Crippen LogP contribution < -0.4 is 0 Å². The Labute approximate surface area is 116 Å². The molecule has 0 fully saturated rings. The molecule has 1 unspecified atom stereocenters. The van der Waals surface area contributed by atoms with E-state index < -0.39 is 6.10 Å². The summed E-state index contributed by atoms with van der Waals surface area (Å²) in [5.41, 5.74) is 1.89. The third-order valence-corrected chi connectivity index (χ3v) is 3.52. The van der Waals surface area contributed by atoms with Crippen LogP contribution in [0.15, 0.2) is 30.3 Å². The second kappa shape index (κ2) is 5.55. The van der Waals surface area contributed by atoms with Crippen molar-refractivity contribution < 1.29 is 9.90 Å². The zero-order valence-electron chi connectivity index (χ0n) is 10.8. The first kappa shape index (κ1) is 13.8. The number of benzene rings is 1. The summed E-state index contributed by atoms with van der Waals surface area (Å²) in [6, 6.07) is 8.85. The molecule has 0 amide bonds. The van der Waals surface area contributed by atoms with E-state index in [1.807, 2.05) is 6.07 Å². The maximum absolute atomic E-state index is 12.1. The van der Waals surface area contributed by atoms with E-state index in [9.17, 15) is 9.90 Å². The minimum Gasteiger partial charge on any atom is -0.381 e. The molecule has 1 aromatic heterocycles. The van der Waals surface area contributed by atoms with Gasteiger partial charge >= 0.3 is 0 Å². The molecule has 0 radical (unpaired) electrons. The molecule has 1 aromatic carbocycles. The Morgan fingerprint density at radius 2 is 2.05 bits per heavy atom. The molecule has 0 aliphatic carbocycles. The highest BCUT2D eigenvalue weighted by molar-refractivity contribution is 6.32. The second-order valence-corrected chi connectivity index (χ2v) is 4.80. The number of hydrogen-bond donors (Lipinski definition) is 1. The molecule has 0 saturated carbocycles. The summed E-state index contributed by atoms with van der Waals surface area (Å²) in [5, 5.41) is 14.6. The molecule has 1 atom stereocenters. The van der Waals surface area contributed by atoms with Gasteiger partial charge in [-0.25, -0.2) is 0 Å². The van der Waals surface area contributed by atoms with Gasteiger partial charge in [0.2, 0.25) is 0 Å². The molecule has 100 valence electrons. The van der Waals surface area contributed by atoms with Gasteiger partial charge in [-0.3, -0.25) is 9.48 Å². The van der Waals surface area contributed by atoms with Crippen molar-refractivity contribution in [3.8, 4) is 0 Å². The number of aromatic nitrogens is 2. The SMILES string of the molecule is Cc1nn(C)c(CC(=O)C(O)c2ccccc2)c1Cl. The number of aliphatic hydroxyl groups excluding tert-OH is 1. The van der Waals surface area contributed by atoms with Gasteiger partial charge in [0.1, 0.15) is 6.10 Å². The Hall–Kier alpha value is -1.65. The van der Waals surface area contributed by atoms with Crippen molar-refractivity contribution in [1.29, 1.82) is 0 Å². The van der Waals surface area contributed by atoms with Crippen LogP contribution in [0.25, 0.3) is 0 Å². The van der Waals surface area contributed by atoms with Gasteiger partial charge in [-0.15, -0.1) is 0 Å². The maximum atomic E-state index is 12.1. The zero-order valence-corrected chi connectivity index (χ0v) is 11.6. The summed E-state index contributed by atoms with van der Waals surface area (Å²) in [6.07, 6.45) is -1.07. The molecule has 1 N–H and O–H groups in total. The molecule has 4 nitrogen and oxygen atoms in total. The lowest BCUT2D eigenvalue weighted by atomic mass is 10.0. The summed E-state index contributed by atoms with van der Waals surface area (Å²) in [6.45, 7) is 1.78. The van der Waals surface area contributed by atoms with Crippen molar-refractivity contribution >= 4 is 17.4 Å². The smallest absolute Gasteiger partial charge is 0.171 e. The van der Waals surface area contributed by atoms with Gasteiger partial charge < -0.3 is 5.11 Å². The summed E-state index contributed by atoms with van der Waals surface area (Å²) in [4.78, 5) is 12.1. The van der Waals surface area contributed by atoms with Crippen LogP contribution in [0.5, 0.6) is 0 Å². The van der Waals surface area contributed by atoms with Crippen molar-refractivity contribution in [2.45, 2.75) is 19.4 Å². The van der Waals surface area contributed by atoms with Crippen molar-refractivity contribution in [2.24, 2.45) is 7.05 Å². The fourth-order valence-corrected chi connectivity index (χ4v) is 2.18. The first-order valence-corrected chi connectivity index (χ1v) is 6.32. The summed E-state index contributed by atoms with van der Waals surface area (Å²) in [5.74, 6) is -0.295. The summed E-state index contributed by atoms with van der Waals surface area (Å²) < 4.78 is 1.58. The number of Topliss-reactive ketones (excluding diaryl/α,β-unsaturated/α-hetero) is 1. The number of ketones is 1. The van der Waals surface area contributed by atoms with Crippen molar-refractivity contribution in [1.82, 2.24) is 9.78 Å². The summed E-state index contributed by atoms with van der Waals surface area (Å²) >= 11 is 6.09. The molecule has 0 saturated heterocycles. The molecular formula is C14H15ClN2O2. The molecule has 19 heavy (non-hydrogen) atoms. The fourth-order valence-electron chi connectivity index (χ4n) is 1.96. The van der Waals surface area contributed by atoms with Crippen LogP contribution >= 0.6 is 11.6 Å². The number of aliphatic hydroxyl groups is 1. The molecule has 0 spiro atoms. The van der Waals surface area contributed by atoms with E-state index in [1.165, 1.54) is 0 Å². The van der Waals surface area contributed by atoms with E-state index in [1.54, 1.807) is 42.9 Å². The number of carbonyl (C=O) groups is 1. The van der Waals surface area contributed by atoms with Crippen LogP contribution in [-0.4, -0.2) is 20.7 Å². The van der Waals surface area contributed by atoms with Gasteiger partial charge in [0.15, 0.2) is 5.78 Å². The average Bonchev–Trinajstić information content (AvgIpc) is 2.65. The van der Waals surface area contributed by atoms with Crippen LogP contribution in [0.1, 0.15) is 23.1 Å². The highest BCUT2D eigenvalue weighted by atomic mass is 35.5. The van der Waals surface area contributed by atoms with Crippen LogP contribution in [0, 0.1) is 6.92 Å². The van der Waals surface area contributed by atoms with Crippen LogP contribution in [-0.2, 0) is 18.3 Å². The Bertz CT molecular complexity index is 593. The molecule has 5 heteroatoms. The topological polar surface area (TPSA) is 55.1 Å². The van der Waals surface area contributed by atoms with E-state index in [4.69, 9.17) is 11.6 Å². The lowest BCUT2D eigenvalue weighted by Crippen LogP contribution is -2.16. The highest BCUT2D eigenvalue weighted by Gasteiger charge is 2.21. The normalized spacial score (nSPS) is 12.4. The lowest BCUT2D eigenvalue weighted by Gasteiger charge is -2.10. The Balaban J connectivity index is 2.18. The van der Waals surface area contributed by atoms with Crippen LogP contribution in [0.2, 0.25) is 5.02 Å². The van der Waals surface area contributed by atoms with Gasteiger partial charge in [0.25, 0.3) is 0 Å². The average molecular weight is 279 g/mol.